The van der Waals surface area contributed by atoms with E-state index >= 15 is 0 Å². The quantitative estimate of drug-likeness (QED) is 0.168. The van der Waals surface area contributed by atoms with E-state index in [0.717, 1.165) is 16.7 Å². The molecule has 3 aromatic carbocycles. The highest BCUT2D eigenvalue weighted by molar-refractivity contribution is 5.93. The van der Waals surface area contributed by atoms with Crippen molar-refractivity contribution in [1.29, 1.82) is 0 Å². The van der Waals surface area contributed by atoms with Crippen molar-refractivity contribution in [2.45, 2.75) is 84.4 Å². The third kappa shape index (κ3) is 13.6. The third-order valence-corrected chi connectivity index (χ3v) is 7.61. The average Bonchev–Trinajstić information content (AvgIpc) is 3.08. The van der Waals surface area contributed by atoms with Gasteiger partial charge in [0.1, 0.15) is 30.0 Å². The number of hydrogen-bond acceptors (Lipinski definition) is 8. The van der Waals surface area contributed by atoms with Crippen LogP contribution in [0.4, 0.5) is 4.79 Å². The number of hydrogen-bond donors (Lipinski definition) is 3. The molecule has 0 saturated heterocycles. The minimum atomic E-state index is -1.11. The van der Waals surface area contributed by atoms with Crippen molar-refractivity contribution < 1.29 is 38.1 Å². The van der Waals surface area contributed by atoms with Crippen molar-refractivity contribution in [3.05, 3.63) is 102 Å². The van der Waals surface area contributed by atoms with E-state index in [1.54, 1.807) is 32.9 Å². The molecule has 264 valence electrons. The van der Waals surface area contributed by atoms with Crippen LogP contribution in [-0.4, -0.2) is 61.3 Å². The number of alkyl carbamates (subject to hydrolysis) is 1. The van der Waals surface area contributed by atoms with Gasteiger partial charge in [0.15, 0.2) is 6.04 Å². The van der Waals surface area contributed by atoms with Crippen LogP contribution in [-0.2, 0) is 48.2 Å². The van der Waals surface area contributed by atoms with E-state index < -0.39 is 47.6 Å². The van der Waals surface area contributed by atoms with Gasteiger partial charge in [0, 0.05) is 6.42 Å². The largest absolute Gasteiger partial charge is 0.489 e. The molecule has 0 radical (unpaired) electrons. The van der Waals surface area contributed by atoms with Crippen LogP contribution in [0.15, 0.2) is 84.9 Å². The summed E-state index contributed by atoms with van der Waals surface area (Å²) in [4.78, 5) is 52.8. The van der Waals surface area contributed by atoms with Gasteiger partial charge in [-0.15, -0.1) is 0 Å². The standard InChI is InChI=1S/C38H49N3O8/c1-7-26(2)33(35(43)39-32(36(44)46-6)25-47-23-28-14-10-8-11-15-28)41-34(42)31(40-37(45)49-38(3,4)5)22-27-18-20-30(21-19-27)48-24-29-16-12-9-13-17-29/h8-21,26,31-33H,7,22-25H2,1-6H3,(H,39,43)(H,40,45)(H,41,42)/t26-,31-,32-,33-/m0/s1. The Hall–Kier alpha value is -4.90. The van der Waals surface area contributed by atoms with Crippen LogP contribution in [0.5, 0.6) is 5.75 Å². The Balaban J connectivity index is 1.73. The predicted molar refractivity (Wildman–Crippen MR) is 186 cm³/mol. The first-order chi connectivity index (χ1) is 23.4. The molecule has 49 heavy (non-hydrogen) atoms. The Labute approximate surface area is 289 Å². The van der Waals surface area contributed by atoms with E-state index in [1.807, 2.05) is 86.6 Å². The predicted octanol–water partition coefficient (Wildman–Crippen LogP) is 5.11. The summed E-state index contributed by atoms with van der Waals surface area (Å²) in [6.45, 7) is 9.36. The van der Waals surface area contributed by atoms with Crippen LogP contribution in [0, 0.1) is 5.92 Å². The van der Waals surface area contributed by atoms with Crippen molar-refractivity contribution in [1.82, 2.24) is 16.0 Å². The van der Waals surface area contributed by atoms with Gasteiger partial charge in [-0.1, -0.05) is 93.1 Å². The van der Waals surface area contributed by atoms with Crippen LogP contribution < -0.4 is 20.7 Å². The minimum Gasteiger partial charge on any atom is -0.489 e. The molecule has 0 aliphatic heterocycles. The first-order valence-electron chi connectivity index (χ1n) is 16.4. The Kier molecular flexibility index (Phi) is 15.1. The van der Waals surface area contributed by atoms with Gasteiger partial charge < -0.3 is 34.9 Å². The van der Waals surface area contributed by atoms with Gasteiger partial charge in [-0.25, -0.2) is 9.59 Å². The van der Waals surface area contributed by atoms with E-state index in [4.69, 9.17) is 18.9 Å². The second kappa shape index (κ2) is 19.2. The molecule has 0 fully saturated rings. The molecule has 3 rings (SSSR count). The Bertz CT molecular complexity index is 1480. The lowest BCUT2D eigenvalue weighted by molar-refractivity contribution is -0.147. The smallest absolute Gasteiger partial charge is 0.408 e. The summed E-state index contributed by atoms with van der Waals surface area (Å²) in [6.07, 6.45) is -0.126. The number of esters is 1. The van der Waals surface area contributed by atoms with E-state index in [2.05, 4.69) is 16.0 Å². The van der Waals surface area contributed by atoms with Crippen molar-refractivity contribution in [2.24, 2.45) is 5.92 Å². The summed E-state index contributed by atoms with van der Waals surface area (Å²) in [7, 11) is 1.22. The molecule has 0 unspecified atom stereocenters. The van der Waals surface area contributed by atoms with E-state index in [-0.39, 0.29) is 25.6 Å². The number of ether oxygens (including phenoxy) is 4. The molecule has 3 amide bonds. The molecule has 0 aliphatic carbocycles. The Morgan fingerprint density at radius 3 is 1.86 bits per heavy atom. The number of rotatable bonds is 17. The maximum absolute atomic E-state index is 13.8. The Morgan fingerprint density at radius 1 is 0.714 bits per heavy atom. The topological polar surface area (TPSA) is 141 Å². The van der Waals surface area contributed by atoms with Crippen LogP contribution in [0.3, 0.4) is 0 Å². The van der Waals surface area contributed by atoms with Crippen LogP contribution >= 0.6 is 0 Å². The zero-order valence-electron chi connectivity index (χ0n) is 29.2. The van der Waals surface area contributed by atoms with Gasteiger partial charge in [-0.3, -0.25) is 9.59 Å². The molecule has 0 spiro atoms. The highest BCUT2D eigenvalue weighted by Gasteiger charge is 2.33. The zero-order chi connectivity index (χ0) is 35.8. The summed E-state index contributed by atoms with van der Waals surface area (Å²) in [5, 5.41) is 8.16. The van der Waals surface area contributed by atoms with E-state index in [9.17, 15) is 19.2 Å². The van der Waals surface area contributed by atoms with Crippen LogP contribution in [0.1, 0.15) is 57.7 Å². The van der Waals surface area contributed by atoms with Gasteiger partial charge in [0.2, 0.25) is 11.8 Å². The van der Waals surface area contributed by atoms with Crippen molar-refractivity contribution in [3.63, 3.8) is 0 Å². The number of nitrogens with one attached hydrogen (secondary N) is 3. The SMILES string of the molecule is CC[C@H](C)[C@H](NC(=O)[C@H](Cc1ccc(OCc2ccccc2)cc1)NC(=O)OC(C)(C)C)C(=O)N[C@@H](COCc1ccccc1)C(=O)OC. The maximum Gasteiger partial charge on any atom is 0.408 e. The van der Waals surface area contributed by atoms with Gasteiger partial charge in [-0.05, 0) is 55.5 Å². The fraction of sp³-hybridized carbons (Fsp3) is 0.421. The summed E-state index contributed by atoms with van der Waals surface area (Å²) < 4.78 is 21.9. The summed E-state index contributed by atoms with van der Waals surface area (Å²) in [5.41, 5.74) is 1.88. The number of carbonyl (C=O) groups excluding carboxylic acids is 4. The number of amides is 3. The van der Waals surface area contributed by atoms with Crippen molar-refractivity contribution in [3.8, 4) is 5.75 Å². The van der Waals surface area contributed by atoms with Crippen LogP contribution in [0.25, 0.3) is 0 Å². The normalized spacial score (nSPS) is 13.6. The lowest BCUT2D eigenvalue weighted by Gasteiger charge is -2.28. The van der Waals surface area contributed by atoms with Crippen molar-refractivity contribution in [2.75, 3.05) is 13.7 Å². The number of methoxy groups -OCH3 is 1. The molecule has 3 N–H and O–H groups in total. The molecule has 0 heterocycles. The molecule has 3 aromatic rings. The second-order valence-electron chi connectivity index (χ2n) is 12.8. The first-order valence-corrected chi connectivity index (χ1v) is 16.4. The molecule has 11 heteroatoms. The van der Waals surface area contributed by atoms with Gasteiger partial charge >= 0.3 is 12.1 Å². The van der Waals surface area contributed by atoms with E-state index in [0.29, 0.717) is 18.8 Å². The summed E-state index contributed by atoms with van der Waals surface area (Å²) in [6, 6.07) is 23.2. The molecular weight excluding hydrogens is 626 g/mol. The molecule has 11 nitrogen and oxygen atoms in total. The summed E-state index contributed by atoms with van der Waals surface area (Å²) in [5.74, 6) is -1.54. The highest BCUT2D eigenvalue weighted by atomic mass is 16.6. The average molecular weight is 676 g/mol. The van der Waals surface area contributed by atoms with Gasteiger partial charge in [0.25, 0.3) is 0 Å². The number of benzene rings is 3. The molecule has 0 bridgehead atoms. The fourth-order valence-corrected chi connectivity index (χ4v) is 4.75. The first kappa shape index (κ1) is 38.5. The van der Waals surface area contributed by atoms with Crippen molar-refractivity contribution >= 4 is 23.9 Å². The zero-order valence-corrected chi connectivity index (χ0v) is 29.2. The second-order valence-corrected chi connectivity index (χ2v) is 12.8. The maximum atomic E-state index is 13.8. The minimum absolute atomic E-state index is 0.108. The van der Waals surface area contributed by atoms with Gasteiger partial charge in [0.05, 0.1) is 20.3 Å². The molecule has 0 aliphatic rings. The van der Waals surface area contributed by atoms with Gasteiger partial charge in [-0.2, -0.15) is 0 Å². The molecular formula is C38H49N3O8. The number of carbonyl (C=O) groups is 4. The highest BCUT2D eigenvalue weighted by Crippen LogP contribution is 2.17. The van der Waals surface area contributed by atoms with Crippen LogP contribution in [0.2, 0.25) is 0 Å². The lowest BCUT2D eigenvalue weighted by atomic mass is 9.97. The summed E-state index contributed by atoms with van der Waals surface area (Å²) >= 11 is 0. The third-order valence-electron chi connectivity index (χ3n) is 7.61. The molecule has 4 atom stereocenters. The monoisotopic (exact) mass is 675 g/mol. The molecule has 0 saturated carbocycles. The fourth-order valence-electron chi connectivity index (χ4n) is 4.75. The molecule has 0 aromatic heterocycles. The Morgan fingerprint density at radius 2 is 1.31 bits per heavy atom. The lowest BCUT2D eigenvalue weighted by Crippen LogP contribution is -2.58. The van der Waals surface area contributed by atoms with E-state index in [1.165, 1.54) is 7.11 Å².